The van der Waals surface area contributed by atoms with Crippen molar-refractivity contribution in [3.8, 4) is 39.3 Å². The summed E-state index contributed by atoms with van der Waals surface area (Å²) in [7, 11) is 0. The van der Waals surface area contributed by atoms with E-state index in [0.29, 0.717) is 0 Å². The van der Waals surface area contributed by atoms with E-state index in [-0.39, 0.29) is 5.41 Å². The molecule has 11 rings (SSSR count). The molecule has 0 saturated heterocycles. The number of benzene rings is 7. The summed E-state index contributed by atoms with van der Waals surface area (Å²) in [5.74, 6) is 0. The Morgan fingerprint density at radius 3 is 1.77 bits per heavy atom. The van der Waals surface area contributed by atoms with Gasteiger partial charge in [-0.05, 0) is 74.8 Å². The second-order valence-corrected chi connectivity index (χ2v) is 15.1. The quantitative estimate of drug-likeness (QED) is 0.182. The second-order valence-electron chi connectivity index (χ2n) is 15.1. The van der Waals surface area contributed by atoms with Crippen LogP contribution in [0.3, 0.4) is 0 Å². The minimum atomic E-state index is -0.519. The lowest BCUT2D eigenvalue weighted by Crippen LogP contribution is -2.44. The third-order valence-electron chi connectivity index (χ3n) is 12.0. The fraction of sp³-hybridized carbons (Fsp3) is 0.0784. The van der Waals surface area contributed by atoms with Crippen LogP contribution in [-0.2, 0) is 10.8 Å². The minimum absolute atomic E-state index is 0.264. The summed E-state index contributed by atoms with van der Waals surface area (Å²) >= 11 is 0. The smallest absolute Gasteiger partial charge is 0.0748 e. The van der Waals surface area contributed by atoms with Crippen LogP contribution in [0.15, 0.2) is 182 Å². The van der Waals surface area contributed by atoms with E-state index in [4.69, 9.17) is 4.98 Å². The molecule has 0 amide bonds. The first-order chi connectivity index (χ1) is 26.0. The maximum absolute atomic E-state index is 5.36. The van der Waals surface area contributed by atoms with E-state index < -0.39 is 5.41 Å². The van der Waals surface area contributed by atoms with E-state index >= 15 is 0 Å². The summed E-state index contributed by atoms with van der Waals surface area (Å²) in [4.78, 5) is 5.36. The van der Waals surface area contributed by atoms with Crippen LogP contribution in [0.1, 0.15) is 47.2 Å². The molecule has 1 atom stereocenters. The molecule has 1 spiro atoms. The predicted molar refractivity (Wildman–Crippen MR) is 219 cm³/mol. The van der Waals surface area contributed by atoms with E-state index in [9.17, 15) is 0 Å². The Morgan fingerprint density at radius 1 is 0.396 bits per heavy atom. The van der Waals surface area contributed by atoms with Crippen LogP contribution >= 0.6 is 0 Å². The minimum Gasteiger partial charge on any atom is -0.309 e. The molecule has 2 heteroatoms. The fourth-order valence-corrected chi connectivity index (χ4v) is 9.71. The van der Waals surface area contributed by atoms with Crippen molar-refractivity contribution < 1.29 is 0 Å². The molecule has 1 unspecified atom stereocenters. The van der Waals surface area contributed by atoms with Crippen molar-refractivity contribution in [3.05, 3.63) is 215 Å². The Labute approximate surface area is 309 Å². The van der Waals surface area contributed by atoms with Gasteiger partial charge in [0.1, 0.15) is 0 Å². The first-order valence-electron chi connectivity index (χ1n) is 18.6. The molecule has 53 heavy (non-hydrogen) atoms. The van der Waals surface area contributed by atoms with Gasteiger partial charge >= 0.3 is 0 Å². The summed E-state index contributed by atoms with van der Waals surface area (Å²) in [6, 6.07) is 67.0. The highest BCUT2D eigenvalue weighted by molar-refractivity contribution is 6.12. The number of para-hydroxylation sites is 3. The van der Waals surface area contributed by atoms with Crippen molar-refractivity contribution in [3.63, 3.8) is 0 Å². The van der Waals surface area contributed by atoms with Crippen LogP contribution in [0.25, 0.3) is 61.1 Å². The van der Waals surface area contributed by atoms with Crippen LogP contribution in [0.4, 0.5) is 0 Å². The van der Waals surface area contributed by atoms with Crippen molar-refractivity contribution in [2.45, 2.75) is 24.7 Å². The van der Waals surface area contributed by atoms with Crippen LogP contribution in [-0.4, -0.2) is 9.55 Å². The zero-order valence-electron chi connectivity index (χ0n) is 29.7. The van der Waals surface area contributed by atoms with Crippen molar-refractivity contribution in [1.82, 2.24) is 9.55 Å². The van der Waals surface area contributed by atoms with Crippen molar-refractivity contribution in [1.29, 1.82) is 0 Å². The zero-order chi connectivity index (χ0) is 35.3. The van der Waals surface area contributed by atoms with Gasteiger partial charge in [-0.1, -0.05) is 166 Å². The number of rotatable bonds is 3. The van der Waals surface area contributed by atoms with E-state index in [1.165, 1.54) is 66.4 Å². The molecule has 250 valence electrons. The molecule has 3 heterocycles. The van der Waals surface area contributed by atoms with Gasteiger partial charge < -0.3 is 4.57 Å². The van der Waals surface area contributed by atoms with E-state index in [0.717, 1.165) is 28.1 Å². The third-order valence-corrected chi connectivity index (χ3v) is 12.0. The lowest BCUT2D eigenvalue weighted by Gasteiger charge is -2.50. The SMILES string of the molecule is CC1(C)c2ccccc2C2(c3ccccc3-n3c4ccccc4c4cccc2c43)c2ccc(-c3cc(-c4ccccc4)cc(-c4ccccc4)n3)cc21. The summed E-state index contributed by atoms with van der Waals surface area (Å²) < 4.78 is 2.51. The molecule has 0 radical (unpaired) electrons. The molecule has 0 N–H and O–H groups in total. The van der Waals surface area contributed by atoms with Gasteiger partial charge in [0.05, 0.1) is 33.5 Å². The highest BCUT2D eigenvalue weighted by atomic mass is 15.0. The monoisotopic (exact) mass is 676 g/mol. The summed E-state index contributed by atoms with van der Waals surface area (Å²) in [6.07, 6.45) is 0. The second kappa shape index (κ2) is 11.0. The largest absolute Gasteiger partial charge is 0.309 e. The molecule has 2 aliphatic rings. The highest BCUT2D eigenvalue weighted by Crippen LogP contribution is 2.60. The van der Waals surface area contributed by atoms with E-state index in [1.54, 1.807) is 0 Å². The molecule has 0 saturated carbocycles. The molecule has 2 aromatic heterocycles. The highest BCUT2D eigenvalue weighted by Gasteiger charge is 2.52. The zero-order valence-corrected chi connectivity index (χ0v) is 29.7. The van der Waals surface area contributed by atoms with E-state index in [1.807, 2.05) is 0 Å². The van der Waals surface area contributed by atoms with Crippen molar-refractivity contribution in [2.75, 3.05) is 0 Å². The van der Waals surface area contributed by atoms with Crippen LogP contribution < -0.4 is 0 Å². The van der Waals surface area contributed by atoms with Crippen molar-refractivity contribution in [2.24, 2.45) is 0 Å². The van der Waals surface area contributed by atoms with Gasteiger partial charge in [-0.15, -0.1) is 0 Å². The maximum atomic E-state index is 5.36. The molecule has 0 fully saturated rings. The molecule has 9 aromatic rings. The normalized spacial score (nSPS) is 16.3. The van der Waals surface area contributed by atoms with Gasteiger partial charge in [-0.2, -0.15) is 0 Å². The molecule has 2 nitrogen and oxygen atoms in total. The number of hydrogen-bond donors (Lipinski definition) is 0. The number of aromatic nitrogens is 2. The molecule has 1 aliphatic heterocycles. The molecule has 7 aromatic carbocycles. The summed E-state index contributed by atoms with van der Waals surface area (Å²) in [5, 5.41) is 2.58. The van der Waals surface area contributed by atoms with Gasteiger partial charge in [0.2, 0.25) is 0 Å². The predicted octanol–water partition coefficient (Wildman–Crippen LogP) is 12.5. The Hall–Kier alpha value is -6.51. The van der Waals surface area contributed by atoms with Gasteiger partial charge in [0, 0.05) is 27.3 Å². The van der Waals surface area contributed by atoms with E-state index in [2.05, 4.69) is 200 Å². The lowest BCUT2D eigenvalue weighted by atomic mass is 9.53. The van der Waals surface area contributed by atoms with Gasteiger partial charge in [0.25, 0.3) is 0 Å². The Bertz CT molecular complexity index is 2860. The van der Waals surface area contributed by atoms with Crippen LogP contribution in [0, 0.1) is 0 Å². The standard InChI is InChI=1S/C51H36N2/c1-50(2)39-22-10-11-23-40(39)51(42-24-12-14-27-48(42)53-47-26-13-9-20-37(47)38-21-15-25-43(51)49(38)53)41-29-28-35(30-44(41)50)46-32-36(33-16-5-3-6-17-33)31-45(52-46)34-18-7-4-8-19-34/h3-32H,1-2H3. The number of nitrogens with zero attached hydrogens (tertiary/aromatic N) is 2. The number of pyridine rings is 1. The Morgan fingerprint density at radius 2 is 0.981 bits per heavy atom. The first-order valence-corrected chi connectivity index (χ1v) is 18.6. The number of hydrogen-bond acceptors (Lipinski definition) is 1. The topological polar surface area (TPSA) is 17.8 Å². The lowest BCUT2D eigenvalue weighted by molar-refractivity contribution is 0.556. The van der Waals surface area contributed by atoms with Crippen LogP contribution in [0.5, 0.6) is 0 Å². The Kier molecular flexibility index (Phi) is 6.25. The van der Waals surface area contributed by atoms with Gasteiger partial charge in [-0.3, -0.25) is 0 Å². The molecular formula is C51H36N2. The molecule has 1 aliphatic carbocycles. The third kappa shape index (κ3) is 4.06. The van der Waals surface area contributed by atoms with Gasteiger partial charge in [0.15, 0.2) is 0 Å². The summed E-state index contributed by atoms with van der Waals surface area (Å²) in [5.41, 5.74) is 17.6. The molecule has 0 bridgehead atoms. The molecular weight excluding hydrogens is 641 g/mol. The average Bonchev–Trinajstić information content (AvgIpc) is 3.57. The van der Waals surface area contributed by atoms with Gasteiger partial charge in [-0.25, -0.2) is 4.98 Å². The average molecular weight is 677 g/mol. The Balaban J connectivity index is 1.23. The number of fused-ring (bicyclic) bond motifs is 11. The van der Waals surface area contributed by atoms with Crippen LogP contribution in [0.2, 0.25) is 0 Å². The fourth-order valence-electron chi connectivity index (χ4n) is 9.71. The maximum Gasteiger partial charge on any atom is 0.0748 e. The van der Waals surface area contributed by atoms with Crippen molar-refractivity contribution >= 4 is 21.8 Å². The first kappa shape index (κ1) is 30.1. The summed E-state index contributed by atoms with van der Waals surface area (Å²) in [6.45, 7) is 4.80.